The molecule has 0 unspecified atom stereocenters. The first-order valence-corrected chi connectivity index (χ1v) is 14.4. The van der Waals surface area contributed by atoms with E-state index in [2.05, 4.69) is 14.9 Å². The van der Waals surface area contributed by atoms with E-state index >= 15 is 0 Å². The lowest BCUT2D eigenvalue weighted by Gasteiger charge is -2.25. The number of pyridine rings is 2. The van der Waals surface area contributed by atoms with Crippen LogP contribution in [0, 0.1) is 13.8 Å². The largest absolute Gasteiger partial charge is 0.549 e. The molecule has 0 amide bonds. The summed E-state index contributed by atoms with van der Waals surface area (Å²) >= 11 is 0. The van der Waals surface area contributed by atoms with Crippen molar-refractivity contribution >= 4 is 23.9 Å². The number of aryl methyl sites for hydroxylation is 2. The Kier molecular flexibility index (Phi) is 15.3. The van der Waals surface area contributed by atoms with Crippen molar-refractivity contribution in [3.05, 3.63) is 58.2 Å². The fraction of sp³-hybridized carbons (Fsp3) is 0.533. The van der Waals surface area contributed by atoms with Gasteiger partial charge in [0.05, 0.1) is 46.7 Å². The molecule has 0 aliphatic carbocycles. The summed E-state index contributed by atoms with van der Waals surface area (Å²) in [5, 5.41) is 44.5. The smallest absolute Gasteiger partial charge is 0.0555 e. The number of rotatable bonds is 22. The number of nitrogens with two attached hydrogens (primary N) is 1. The summed E-state index contributed by atoms with van der Waals surface area (Å²) in [4.78, 5) is 58.4. The third-order valence-corrected chi connectivity index (χ3v) is 6.53. The Morgan fingerprint density at radius 3 is 1.20 bits per heavy atom. The Labute approximate surface area is 257 Å². The molecule has 0 aromatic carbocycles. The number of aromatic nitrogens is 2. The van der Waals surface area contributed by atoms with Gasteiger partial charge in [-0.1, -0.05) is 12.8 Å². The van der Waals surface area contributed by atoms with E-state index in [1.54, 1.807) is 12.1 Å². The maximum atomic E-state index is 11.1. The molecule has 0 aliphatic rings. The van der Waals surface area contributed by atoms with Gasteiger partial charge in [-0.05, 0) is 75.2 Å². The number of carboxylic acid groups (broad SMARTS) is 4. The van der Waals surface area contributed by atoms with E-state index in [9.17, 15) is 39.6 Å². The van der Waals surface area contributed by atoms with Crippen LogP contribution in [0.2, 0.25) is 0 Å². The molecule has 2 heterocycles. The Morgan fingerprint density at radius 1 is 0.568 bits per heavy atom. The molecule has 14 nitrogen and oxygen atoms in total. The monoisotopic (exact) mass is 612 g/mol. The van der Waals surface area contributed by atoms with E-state index in [4.69, 9.17) is 5.73 Å². The first-order valence-electron chi connectivity index (χ1n) is 14.4. The number of aliphatic carboxylic acids is 4. The van der Waals surface area contributed by atoms with Crippen LogP contribution in [0.1, 0.15) is 59.6 Å². The van der Waals surface area contributed by atoms with Crippen LogP contribution in [-0.2, 0) is 45.4 Å². The van der Waals surface area contributed by atoms with Gasteiger partial charge in [0, 0.05) is 52.4 Å². The SMILES string of the molecule is Cc1cc(CN(CC(=O)[O-])CC(=O)[O-])nc(CN(CCCCCCN)Cc2cc(C)cc(CN(CC(=O)[O-])CC(=O)[O-])n2)c1. The minimum atomic E-state index is -1.41. The molecular formula is C30H40N6O8-4. The lowest BCUT2D eigenvalue weighted by molar-refractivity contribution is -0.313. The van der Waals surface area contributed by atoms with Gasteiger partial charge in [0.2, 0.25) is 0 Å². The average molecular weight is 613 g/mol. The minimum Gasteiger partial charge on any atom is -0.549 e. The summed E-state index contributed by atoms with van der Waals surface area (Å²) in [6.07, 6.45) is 3.76. The predicted octanol–water partition coefficient (Wildman–Crippen LogP) is -3.78. The number of hydrogen-bond donors (Lipinski definition) is 1. The predicted molar refractivity (Wildman–Crippen MR) is 150 cm³/mol. The van der Waals surface area contributed by atoms with Crippen molar-refractivity contribution in [3.63, 3.8) is 0 Å². The quantitative estimate of drug-likeness (QED) is 0.126. The van der Waals surface area contributed by atoms with Crippen molar-refractivity contribution in [3.8, 4) is 0 Å². The minimum absolute atomic E-state index is 0.0211. The molecule has 2 aromatic heterocycles. The van der Waals surface area contributed by atoms with Gasteiger partial charge < -0.3 is 45.3 Å². The van der Waals surface area contributed by atoms with Crippen molar-refractivity contribution in [1.82, 2.24) is 24.7 Å². The highest BCUT2D eigenvalue weighted by atomic mass is 16.4. The summed E-state index contributed by atoms with van der Waals surface area (Å²) in [6.45, 7) is 3.51. The van der Waals surface area contributed by atoms with Gasteiger partial charge in [-0.2, -0.15) is 0 Å². The van der Waals surface area contributed by atoms with Crippen LogP contribution in [-0.4, -0.2) is 87.8 Å². The van der Waals surface area contributed by atoms with Crippen molar-refractivity contribution in [1.29, 1.82) is 0 Å². The molecule has 242 valence electrons. The third kappa shape index (κ3) is 15.0. The zero-order valence-corrected chi connectivity index (χ0v) is 25.3. The number of carboxylic acids is 4. The maximum absolute atomic E-state index is 11.1. The molecule has 0 bridgehead atoms. The Bertz CT molecular complexity index is 1150. The van der Waals surface area contributed by atoms with Crippen molar-refractivity contribution < 1.29 is 39.6 Å². The average Bonchev–Trinajstić information content (AvgIpc) is 2.86. The number of nitrogens with zero attached hydrogens (tertiary/aromatic N) is 5. The molecule has 2 aromatic rings. The highest BCUT2D eigenvalue weighted by Gasteiger charge is 2.15. The van der Waals surface area contributed by atoms with Gasteiger partial charge in [0.25, 0.3) is 0 Å². The highest BCUT2D eigenvalue weighted by Crippen LogP contribution is 2.16. The molecular weight excluding hydrogens is 572 g/mol. The fourth-order valence-electron chi connectivity index (χ4n) is 4.99. The second-order valence-electron chi connectivity index (χ2n) is 10.9. The lowest BCUT2D eigenvalue weighted by Crippen LogP contribution is -2.43. The number of carbonyl (C=O) groups is 4. The van der Waals surface area contributed by atoms with Crippen LogP contribution in [0.25, 0.3) is 0 Å². The van der Waals surface area contributed by atoms with Crippen LogP contribution in [0.15, 0.2) is 24.3 Å². The van der Waals surface area contributed by atoms with Crippen LogP contribution < -0.4 is 26.2 Å². The van der Waals surface area contributed by atoms with Gasteiger partial charge in [0.1, 0.15) is 0 Å². The molecule has 0 spiro atoms. The molecule has 0 atom stereocenters. The van der Waals surface area contributed by atoms with Crippen LogP contribution in [0.5, 0.6) is 0 Å². The Balaban J connectivity index is 2.29. The van der Waals surface area contributed by atoms with E-state index in [0.29, 0.717) is 49.0 Å². The van der Waals surface area contributed by atoms with E-state index in [0.717, 1.165) is 36.8 Å². The number of hydrogen-bond acceptors (Lipinski definition) is 14. The normalized spacial score (nSPS) is 11.4. The van der Waals surface area contributed by atoms with E-state index in [1.807, 2.05) is 26.0 Å². The zero-order chi connectivity index (χ0) is 32.6. The molecule has 14 heteroatoms. The number of carbonyl (C=O) groups excluding carboxylic acids is 4. The van der Waals surface area contributed by atoms with Crippen molar-refractivity contribution in [2.45, 2.75) is 65.7 Å². The van der Waals surface area contributed by atoms with Crippen molar-refractivity contribution in [2.75, 3.05) is 39.3 Å². The van der Waals surface area contributed by atoms with Gasteiger partial charge in [-0.25, -0.2) is 0 Å². The van der Waals surface area contributed by atoms with Gasteiger partial charge in [-0.3, -0.25) is 24.7 Å². The van der Waals surface area contributed by atoms with Crippen LogP contribution in [0.3, 0.4) is 0 Å². The molecule has 0 saturated carbocycles. The summed E-state index contributed by atoms with van der Waals surface area (Å²) in [5.41, 5.74) is 9.77. The molecule has 0 fully saturated rings. The summed E-state index contributed by atoms with van der Waals surface area (Å²) < 4.78 is 0. The zero-order valence-electron chi connectivity index (χ0n) is 25.3. The molecule has 2 rings (SSSR count). The first-order chi connectivity index (χ1) is 20.8. The molecule has 2 N–H and O–H groups in total. The topological polar surface area (TPSA) is 222 Å². The molecule has 0 radical (unpaired) electrons. The Hall–Kier alpha value is -3.98. The highest BCUT2D eigenvalue weighted by molar-refractivity contribution is 5.70. The summed E-state index contributed by atoms with van der Waals surface area (Å²) in [7, 11) is 0. The fourth-order valence-corrected chi connectivity index (χ4v) is 4.99. The van der Waals surface area contributed by atoms with E-state index < -0.39 is 50.1 Å². The van der Waals surface area contributed by atoms with Gasteiger partial charge in [0.15, 0.2) is 0 Å². The number of unbranched alkanes of at least 4 members (excludes halogenated alkanes) is 3. The van der Waals surface area contributed by atoms with E-state index in [1.165, 1.54) is 9.80 Å². The maximum Gasteiger partial charge on any atom is 0.0555 e. The van der Waals surface area contributed by atoms with Crippen molar-refractivity contribution in [2.24, 2.45) is 5.73 Å². The molecule has 44 heavy (non-hydrogen) atoms. The summed E-state index contributed by atoms with van der Waals surface area (Å²) in [6, 6.07) is 7.33. The lowest BCUT2D eigenvalue weighted by atomic mass is 10.1. The van der Waals surface area contributed by atoms with Crippen LogP contribution >= 0.6 is 0 Å². The molecule has 0 aliphatic heterocycles. The molecule has 0 saturated heterocycles. The van der Waals surface area contributed by atoms with Crippen LogP contribution in [0.4, 0.5) is 0 Å². The third-order valence-electron chi connectivity index (χ3n) is 6.53. The van der Waals surface area contributed by atoms with Gasteiger partial charge >= 0.3 is 0 Å². The first kappa shape index (κ1) is 36.2. The standard InChI is InChI=1S/C30H44N6O8/c1-21-9-23(32-25(11-21)15-35(17-27(37)38)18-28(39)40)13-34(8-6-4-3-5-7-31)14-24-10-22(2)12-26(33-24)16-36(19-29(41)42)20-30(43)44/h9-12H,3-8,13-20,31H2,1-2H3,(H,37,38)(H,39,40)(H,41,42)(H,43,44)/p-4. The Morgan fingerprint density at radius 2 is 0.886 bits per heavy atom. The second-order valence-corrected chi connectivity index (χ2v) is 10.9. The summed E-state index contributed by atoms with van der Waals surface area (Å²) in [5.74, 6) is -5.64. The van der Waals surface area contributed by atoms with E-state index in [-0.39, 0.29) is 13.1 Å². The second kappa shape index (κ2) is 18.6. The van der Waals surface area contributed by atoms with Gasteiger partial charge in [-0.15, -0.1) is 0 Å².